The quantitative estimate of drug-likeness (QED) is 0.653. The number of para-hydroxylation sites is 1. The molecule has 7 heteroatoms. The highest BCUT2D eigenvalue weighted by Gasteiger charge is 2.27. The third-order valence-electron chi connectivity index (χ3n) is 5.17. The summed E-state index contributed by atoms with van der Waals surface area (Å²) in [6.45, 7) is 2.78. The van der Waals surface area contributed by atoms with Crippen molar-refractivity contribution in [1.82, 2.24) is 9.80 Å². The van der Waals surface area contributed by atoms with Gasteiger partial charge in [-0.3, -0.25) is 4.79 Å². The van der Waals surface area contributed by atoms with Crippen molar-refractivity contribution in [2.75, 3.05) is 31.9 Å². The molecule has 1 saturated heterocycles. The van der Waals surface area contributed by atoms with Gasteiger partial charge in [0.15, 0.2) is 10.9 Å². The molecule has 2 aliphatic rings. The number of hydrogen-bond donors (Lipinski definition) is 0. The maximum Gasteiger partial charge on any atom is 0.289 e. The first-order chi connectivity index (χ1) is 14.3. The molecular formula is C22H20N4O2S. The summed E-state index contributed by atoms with van der Waals surface area (Å²) >= 11 is 1.70. The average Bonchev–Trinajstić information content (AvgIpc) is 3.24. The van der Waals surface area contributed by atoms with E-state index in [1.165, 1.54) is 0 Å². The molecule has 3 heterocycles. The number of piperazine rings is 1. The van der Waals surface area contributed by atoms with Crippen LogP contribution in [0.4, 0.5) is 0 Å². The Morgan fingerprint density at radius 2 is 1.69 bits per heavy atom. The summed E-state index contributed by atoms with van der Waals surface area (Å²) in [6, 6.07) is 19.7. The van der Waals surface area contributed by atoms with Gasteiger partial charge in [0.2, 0.25) is 0 Å². The van der Waals surface area contributed by atoms with Crippen molar-refractivity contribution in [2.45, 2.75) is 0 Å². The Labute approximate surface area is 172 Å². The van der Waals surface area contributed by atoms with Gasteiger partial charge < -0.3 is 14.2 Å². The van der Waals surface area contributed by atoms with Gasteiger partial charge in [0, 0.05) is 37.3 Å². The van der Waals surface area contributed by atoms with E-state index in [0.29, 0.717) is 18.8 Å². The highest BCUT2D eigenvalue weighted by molar-refractivity contribution is 8.14. The van der Waals surface area contributed by atoms with Crippen LogP contribution in [-0.2, 0) is 0 Å². The van der Waals surface area contributed by atoms with Crippen LogP contribution in [0.15, 0.2) is 75.3 Å². The molecular weight excluding hydrogens is 384 g/mol. The van der Waals surface area contributed by atoms with E-state index in [0.717, 1.165) is 46.3 Å². The molecule has 0 aliphatic carbocycles. The molecule has 0 saturated carbocycles. The van der Waals surface area contributed by atoms with Crippen molar-refractivity contribution >= 4 is 39.5 Å². The van der Waals surface area contributed by atoms with Crippen molar-refractivity contribution in [3.05, 3.63) is 72.0 Å². The molecule has 1 amide bonds. The number of carbonyl (C=O) groups is 1. The van der Waals surface area contributed by atoms with E-state index >= 15 is 0 Å². The molecule has 0 radical (unpaired) electrons. The number of amides is 1. The Hall–Kier alpha value is -3.06. The van der Waals surface area contributed by atoms with Crippen LogP contribution in [0.3, 0.4) is 0 Å². The second-order valence-electron chi connectivity index (χ2n) is 7.01. The third-order valence-corrected chi connectivity index (χ3v) is 6.19. The van der Waals surface area contributed by atoms with Gasteiger partial charge >= 0.3 is 0 Å². The molecule has 0 bridgehead atoms. The molecule has 2 aliphatic heterocycles. The van der Waals surface area contributed by atoms with Crippen molar-refractivity contribution < 1.29 is 9.21 Å². The first-order valence-electron chi connectivity index (χ1n) is 9.63. The lowest BCUT2D eigenvalue weighted by Crippen LogP contribution is -2.50. The predicted octanol–water partition coefficient (Wildman–Crippen LogP) is 3.70. The summed E-state index contributed by atoms with van der Waals surface area (Å²) in [5.41, 5.74) is 2.86. The molecule has 0 spiro atoms. The predicted molar refractivity (Wildman–Crippen MR) is 117 cm³/mol. The van der Waals surface area contributed by atoms with E-state index in [-0.39, 0.29) is 5.91 Å². The van der Waals surface area contributed by atoms with Gasteiger partial charge in [-0.2, -0.15) is 5.10 Å². The number of nitrogens with zero attached hydrogens (tertiary/aromatic N) is 4. The summed E-state index contributed by atoms with van der Waals surface area (Å²) in [6.07, 6.45) is 0. The van der Waals surface area contributed by atoms with Crippen LogP contribution in [0.1, 0.15) is 16.1 Å². The van der Waals surface area contributed by atoms with E-state index in [9.17, 15) is 4.79 Å². The van der Waals surface area contributed by atoms with Gasteiger partial charge in [-0.25, -0.2) is 0 Å². The van der Waals surface area contributed by atoms with Crippen LogP contribution in [0, 0.1) is 0 Å². The minimum absolute atomic E-state index is 0.0523. The first-order valence-corrected chi connectivity index (χ1v) is 10.6. The summed E-state index contributed by atoms with van der Waals surface area (Å²) in [5, 5.41) is 10.8. The Kier molecular flexibility index (Phi) is 4.81. The molecule has 1 aromatic heterocycles. The molecule has 29 heavy (non-hydrogen) atoms. The molecule has 0 N–H and O–H groups in total. The average molecular weight is 404 g/mol. The zero-order valence-corrected chi connectivity index (χ0v) is 16.6. The van der Waals surface area contributed by atoms with Crippen LogP contribution in [-0.4, -0.2) is 58.5 Å². The summed E-state index contributed by atoms with van der Waals surface area (Å²) in [4.78, 5) is 16.9. The Morgan fingerprint density at radius 3 is 2.41 bits per heavy atom. The lowest BCUT2D eigenvalue weighted by molar-refractivity contribution is 0.0664. The highest BCUT2D eigenvalue weighted by atomic mass is 32.2. The Balaban J connectivity index is 1.23. The van der Waals surface area contributed by atoms with Crippen molar-refractivity contribution in [3.63, 3.8) is 0 Å². The SMILES string of the molecule is O=C(c1cc2ccccc2o1)N1CCN(C2=NN=C(c3ccccc3)CS2)CC1. The van der Waals surface area contributed by atoms with E-state index in [1.807, 2.05) is 53.4 Å². The van der Waals surface area contributed by atoms with Crippen molar-refractivity contribution in [3.8, 4) is 0 Å². The van der Waals surface area contributed by atoms with Crippen LogP contribution < -0.4 is 0 Å². The lowest BCUT2D eigenvalue weighted by atomic mass is 10.1. The number of rotatable bonds is 2. The maximum atomic E-state index is 12.8. The van der Waals surface area contributed by atoms with E-state index in [1.54, 1.807) is 11.8 Å². The van der Waals surface area contributed by atoms with Crippen molar-refractivity contribution in [2.24, 2.45) is 10.2 Å². The maximum absolute atomic E-state index is 12.8. The normalized spacial score (nSPS) is 17.2. The summed E-state index contributed by atoms with van der Waals surface area (Å²) < 4.78 is 5.73. The summed E-state index contributed by atoms with van der Waals surface area (Å²) in [5.74, 6) is 1.16. The smallest absolute Gasteiger partial charge is 0.289 e. The number of carbonyl (C=O) groups excluding carboxylic acids is 1. The van der Waals surface area contributed by atoms with E-state index < -0.39 is 0 Å². The van der Waals surface area contributed by atoms with Gasteiger partial charge in [-0.15, -0.1) is 5.10 Å². The fourth-order valence-corrected chi connectivity index (χ4v) is 4.52. The molecule has 6 nitrogen and oxygen atoms in total. The Morgan fingerprint density at radius 1 is 0.931 bits per heavy atom. The number of fused-ring (bicyclic) bond motifs is 1. The lowest BCUT2D eigenvalue weighted by Gasteiger charge is -2.36. The molecule has 2 aromatic carbocycles. The van der Waals surface area contributed by atoms with E-state index in [4.69, 9.17) is 4.42 Å². The fourth-order valence-electron chi connectivity index (χ4n) is 3.56. The molecule has 1 fully saturated rings. The standard InChI is InChI=1S/C22H20N4O2S/c27-21(20-14-17-8-4-5-9-19(17)28-20)25-10-12-26(13-11-25)22-24-23-18(15-29-22)16-6-2-1-3-7-16/h1-9,14H,10-13,15H2. The van der Waals surface area contributed by atoms with Gasteiger partial charge in [0.1, 0.15) is 5.58 Å². The molecule has 0 unspecified atom stereocenters. The number of thioether (sulfide) groups is 1. The molecule has 0 atom stereocenters. The van der Waals surface area contributed by atoms with Crippen LogP contribution in [0.5, 0.6) is 0 Å². The number of furan rings is 1. The first kappa shape index (κ1) is 18.0. The van der Waals surface area contributed by atoms with Crippen LogP contribution in [0.2, 0.25) is 0 Å². The van der Waals surface area contributed by atoms with Gasteiger partial charge in [-0.05, 0) is 17.7 Å². The third kappa shape index (κ3) is 3.65. The van der Waals surface area contributed by atoms with Gasteiger partial charge in [-0.1, -0.05) is 60.3 Å². The number of amidine groups is 1. The number of benzene rings is 2. The van der Waals surface area contributed by atoms with Gasteiger partial charge in [0.25, 0.3) is 5.91 Å². The highest BCUT2D eigenvalue weighted by Crippen LogP contribution is 2.22. The topological polar surface area (TPSA) is 61.4 Å². The van der Waals surface area contributed by atoms with Crippen LogP contribution >= 0.6 is 11.8 Å². The van der Waals surface area contributed by atoms with Gasteiger partial charge in [0.05, 0.1) is 5.71 Å². The molecule has 3 aromatic rings. The van der Waals surface area contributed by atoms with Crippen LogP contribution in [0.25, 0.3) is 11.0 Å². The fraction of sp³-hybridized carbons (Fsp3) is 0.227. The second kappa shape index (κ2) is 7.75. The minimum Gasteiger partial charge on any atom is -0.451 e. The molecule has 5 rings (SSSR count). The number of hydrogen-bond acceptors (Lipinski definition) is 6. The second-order valence-corrected chi connectivity index (χ2v) is 7.95. The van der Waals surface area contributed by atoms with E-state index in [2.05, 4.69) is 27.2 Å². The Bertz CT molecular complexity index is 1070. The minimum atomic E-state index is -0.0523. The zero-order chi connectivity index (χ0) is 19.6. The zero-order valence-electron chi connectivity index (χ0n) is 15.8. The van der Waals surface area contributed by atoms with Crippen molar-refractivity contribution in [1.29, 1.82) is 0 Å². The monoisotopic (exact) mass is 404 g/mol. The summed E-state index contributed by atoms with van der Waals surface area (Å²) in [7, 11) is 0. The molecule has 146 valence electrons. The largest absolute Gasteiger partial charge is 0.451 e.